The van der Waals surface area contributed by atoms with Gasteiger partial charge in [-0.05, 0) is 24.6 Å². The fourth-order valence-corrected chi connectivity index (χ4v) is 2.18. The highest BCUT2D eigenvalue weighted by Crippen LogP contribution is 2.21. The molecule has 0 saturated carbocycles. The van der Waals surface area contributed by atoms with E-state index in [0.29, 0.717) is 17.7 Å². The van der Waals surface area contributed by atoms with Crippen molar-refractivity contribution in [2.75, 3.05) is 5.32 Å². The van der Waals surface area contributed by atoms with Crippen LogP contribution >= 0.6 is 15.9 Å². The number of unbranched alkanes of at least 4 members (excludes halogenated alkanes) is 4. The number of anilines is 1. The highest BCUT2D eigenvalue weighted by Gasteiger charge is 2.07. The van der Waals surface area contributed by atoms with Gasteiger partial charge in [0.05, 0.1) is 11.3 Å². The molecule has 1 aromatic rings. The van der Waals surface area contributed by atoms with Crippen molar-refractivity contribution in [1.82, 2.24) is 0 Å². The minimum atomic E-state index is -0.0221. The lowest BCUT2D eigenvalue weighted by Gasteiger charge is -2.07. The highest BCUT2D eigenvalue weighted by atomic mass is 79.9. The van der Waals surface area contributed by atoms with Gasteiger partial charge in [-0.15, -0.1) is 0 Å². The number of nitriles is 1. The number of carbonyl (C=O) groups excluding carboxylic acids is 1. The molecule has 19 heavy (non-hydrogen) atoms. The van der Waals surface area contributed by atoms with Crippen molar-refractivity contribution in [3.05, 3.63) is 28.2 Å². The summed E-state index contributed by atoms with van der Waals surface area (Å²) in [6.07, 6.45) is 6.12. The third-order valence-electron chi connectivity index (χ3n) is 2.88. The lowest BCUT2D eigenvalue weighted by atomic mass is 10.1. The molecule has 1 N–H and O–H groups in total. The Morgan fingerprint density at radius 3 is 2.74 bits per heavy atom. The van der Waals surface area contributed by atoms with Crippen molar-refractivity contribution in [1.29, 1.82) is 5.26 Å². The van der Waals surface area contributed by atoms with Crippen molar-refractivity contribution >= 4 is 27.5 Å². The molecule has 3 nitrogen and oxygen atoms in total. The summed E-state index contributed by atoms with van der Waals surface area (Å²) in [7, 11) is 0. The van der Waals surface area contributed by atoms with E-state index >= 15 is 0 Å². The second kappa shape index (κ2) is 8.71. The number of halogens is 1. The minimum Gasteiger partial charge on any atom is -0.325 e. The Morgan fingerprint density at radius 1 is 1.32 bits per heavy atom. The summed E-state index contributed by atoms with van der Waals surface area (Å²) in [5, 5.41) is 11.8. The first-order valence-corrected chi connectivity index (χ1v) is 7.46. The van der Waals surface area contributed by atoms with Gasteiger partial charge in [0.15, 0.2) is 0 Å². The number of carbonyl (C=O) groups is 1. The number of nitrogens with one attached hydrogen (secondary N) is 1. The normalized spacial score (nSPS) is 9.95. The third-order valence-corrected chi connectivity index (χ3v) is 3.38. The van der Waals surface area contributed by atoms with Crippen molar-refractivity contribution in [3.63, 3.8) is 0 Å². The van der Waals surface area contributed by atoms with Gasteiger partial charge in [0.25, 0.3) is 0 Å². The molecule has 0 heterocycles. The zero-order valence-electron chi connectivity index (χ0n) is 11.2. The van der Waals surface area contributed by atoms with Crippen LogP contribution in [0.1, 0.15) is 51.0 Å². The lowest BCUT2D eigenvalue weighted by molar-refractivity contribution is -0.116. The predicted molar refractivity (Wildman–Crippen MR) is 80.9 cm³/mol. The first-order valence-electron chi connectivity index (χ1n) is 6.67. The Balaban J connectivity index is 2.44. The number of hydrogen-bond donors (Lipinski definition) is 1. The molecule has 1 amide bonds. The van der Waals surface area contributed by atoms with Crippen LogP contribution < -0.4 is 5.32 Å². The summed E-state index contributed by atoms with van der Waals surface area (Å²) >= 11 is 3.34. The Bertz CT molecular complexity index is 466. The molecule has 0 fully saturated rings. The second-order valence-corrected chi connectivity index (χ2v) is 5.43. The van der Waals surface area contributed by atoms with Crippen LogP contribution in [-0.2, 0) is 4.79 Å². The van der Waals surface area contributed by atoms with Gasteiger partial charge in [-0.1, -0.05) is 48.5 Å². The van der Waals surface area contributed by atoms with Crippen LogP contribution in [0.4, 0.5) is 5.69 Å². The molecule has 1 aromatic carbocycles. The lowest BCUT2D eigenvalue weighted by Crippen LogP contribution is -2.12. The molecule has 0 spiro atoms. The van der Waals surface area contributed by atoms with E-state index in [9.17, 15) is 4.79 Å². The summed E-state index contributed by atoms with van der Waals surface area (Å²) in [6.45, 7) is 2.17. The van der Waals surface area contributed by atoms with Gasteiger partial charge in [-0.2, -0.15) is 5.26 Å². The van der Waals surface area contributed by atoms with E-state index < -0.39 is 0 Å². The molecule has 0 aliphatic heterocycles. The minimum absolute atomic E-state index is 0.0221. The first-order chi connectivity index (χ1) is 9.17. The van der Waals surface area contributed by atoms with Gasteiger partial charge in [0.2, 0.25) is 5.91 Å². The monoisotopic (exact) mass is 322 g/mol. The average molecular weight is 323 g/mol. The zero-order valence-corrected chi connectivity index (χ0v) is 12.8. The van der Waals surface area contributed by atoms with Crippen LogP contribution in [0.3, 0.4) is 0 Å². The van der Waals surface area contributed by atoms with Crippen LogP contribution in [0.2, 0.25) is 0 Å². The third kappa shape index (κ3) is 5.89. The van der Waals surface area contributed by atoms with Gasteiger partial charge >= 0.3 is 0 Å². The van der Waals surface area contributed by atoms with Crippen LogP contribution in [0.25, 0.3) is 0 Å². The summed E-state index contributed by atoms with van der Waals surface area (Å²) in [5.74, 6) is -0.0221. The standard InChI is InChI=1S/C15H19BrN2O/c1-2-3-4-5-6-7-15(19)18-14-10-13(16)9-8-12(14)11-17/h8-10H,2-7H2,1H3,(H,18,19). The molecule has 0 unspecified atom stereocenters. The van der Waals surface area contributed by atoms with E-state index in [4.69, 9.17) is 5.26 Å². The van der Waals surface area contributed by atoms with Gasteiger partial charge < -0.3 is 5.32 Å². The topological polar surface area (TPSA) is 52.9 Å². The van der Waals surface area contributed by atoms with E-state index in [1.807, 2.05) is 0 Å². The van der Waals surface area contributed by atoms with Crippen molar-refractivity contribution in [2.24, 2.45) is 0 Å². The molecule has 0 radical (unpaired) electrons. The molecule has 1 rings (SSSR count). The maximum atomic E-state index is 11.8. The average Bonchev–Trinajstić information content (AvgIpc) is 2.39. The van der Waals surface area contributed by atoms with Crippen LogP contribution in [-0.4, -0.2) is 5.91 Å². The van der Waals surface area contributed by atoms with Gasteiger partial charge in [0.1, 0.15) is 6.07 Å². The zero-order chi connectivity index (χ0) is 14.1. The second-order valence-electron chi connectivity index (χ2n) is 4.51. The first kappa shape index (κ1) is 15.7. The fraction of sp³-hybridized carbons (Fsp3) is 0.467. The van der Waals surface area contributed by atoms with Crippen molar-refractivity contribution in [3.8, 4) is 6.07 Å². The smallest absolute Gasteiger partial charge is 0.224 e. The van der Waals surface area contributed by atoms with Crippen molar-refractivity contribution in [2.45, 2.75) is 45.4 Å². The van der Waals surface area contributed by atoms with Crippen LogP contribution in [0.5, 0.6) is 0 Å². The number of rotatable bonds is 7. The van der Waals surface area contributed by atoms with E-state index in [1.165, 1.54) is 19.3 Å². The number of hydrogen-bond acceptors (Lipinski definition) is 2. The quantitative estimate of drug-likeness (QED) is 0.744. The molecular formula is C15H19BrN2O. The maximum absolute atomic E-state index is 11.8. The molecule has 0 aliphatic carbocycles. The van der Waals surface area contributed by atoms with Gasteiger partial charge in [-0.3, -0.25) is 4.79 Å². The Hall–Kier alpha value is -1.34. The Morgan fingerprint density at radius 2 is 2.05 bits per heavy atom. The van der Waals surface area contributed by atoms with E-state index in [1.54, 1.807) is 18.2 Å². The maximum Gasteiger partial charge on any atom is 0.224 e. The Kier molecular flexibility index (Phi) is 7.20. The predicted octanol–water partition coefficient (Wildman–Crippen LogP) is 4.62. The number of nitrogens with zero attached hydrogens (tertiary/aromatic N) is 1. The molecule has 0 bridgehead atoms. The Labute approximate surface area is 123 Å². The van der Waals surface area contributed by atoms with Gasteiger partial charge in [-0.25, -0.2) is 0 Å². The van der Waals surface area contributed by atoms with Gasteiger partial charge in [0, 0.05) is 10.9 Å². The van der Waals surface area contributed by atoms with E-state index in [-0.39, 0.29) is 5.91 Å². The SMILES string of the molecule is CCCCCCCC(=O)Nc1cc(Br)ccc1C#N. The molecule has 0 aliphatic rings. The summed E-state index contributed by atoms with van der Waals surface area (Å²) in [4.78, 5) is 11.8. The largest absolute Gasteiger partial charge is 0.325 e. The van der Waals surface area contributed by atoms with E-state index in [0.717, 1.165) is 17.3 Å². The van der Waals surface area contributed by atoms with E-state index in [2.05, 4.69) is 34.2 Å². The molecule has 0 saturated heterocycles. The van der Waals surface area contributed by atoms with Crippen LogP contribution in [0, 0.1) is 11.3 Å². The fourth-order valence-electron chi connectivity index (χ4n) is 1.82. The molecule has 102 valence electrons. The number of benzene rings is 1. The molecule has 0 aromatic heterocycles. The van der Waals surface area contributed by atoms with Crippen LogP contribution in [0.15, 0.2) is 22.7 Å². The molecule has 0 atom stereocenters. The van der Waals surface area contributed by atoms with Crippen molar-refractivity contribution < 1.29 is 4.79 Å². The highest BCUT2D eigenvalue weighted by molar-refractivity contribution is 9.10. The molecular weight excluding hydrogens is 304 g/mol. The summed E-state index contributed by atoms with van der Waals surface area (Å²) < 4.78 is 0.852. The summed E-state index contributed by atoms with van der Waals surface area (Å²) in [6, 6.07) is 7.32. The number of amides is 1. The summed E-state index contributed by atoms with van der Waals surface area (Å²) in [5.41, 5.74) is 1.07. The molecule has 4 heteroatoms.